The molecule has 0 aromatic heterocycles. The summed E-state index contributed by atoms with van der Waals surface area (Å²) in [6.07, 6.45) is 4.03. The molecule has 27 heavy (non-hydrogen) atoms. The van der Waals surface area contributed by atoms with Crippen LogP contribution in [0.25, 0.3) is 0 Å². The van der Waals surface area contributed by atoms with E-state index in [-0.39, 0.29) is 47.7 Å². The Bertz CT molecular complexity index is 627. The Morgan fingerprint density at radius 3 is 2.63 bits per heavy atom. The first-order valence-electron chi connectivity index (χ1n) is 9.39. The highest BCUT2D eigenvalue weighted by Crippen LogP contribution is 2.22. The minimum atomic E-state index is -0.751. The Kier molecular flexibility index (Phi) is 11.6. The maximum atomic E-state index is 12.1. The Labute approximate surface area is 181 Å². The highest BCUT2D eigenvalue weighted by atomic mass is 127. The molecule has 1 aromatic rings. The number of halogens is 1. The second-order valence-electron chi connectivity index (χ2n) is 6.41. The number of nitrogens with one attached hydrogen (secondary N) is 3. The van der Waals surface area contributed by atoms with Crippen molar-refractivity contribution in [3.63, 3.8) is 0 Å². The van der Waals surface area contributed by atoms with Gasteiger partial charge in [-0.3, -0.25) is 9.00 Å². The van der Waals surface area contributed by atoms with E-state index in [4.69, 9.17) is 0 Å². The second kappa shape index (κ2) is 13.1. The lowest BCUT2D eigenvalue weighted by atomic mass is 9.95. The van der Waals surface area contributed by atoms with Gasteiger partial charge < -0.3 is 16.0 Å². The molecule has 2 rings (SSSR count). The van der Waals surface area contributed by atoms with Gasteiger partial charge in [0.15, 0.2) is 5.96 Å². The highest BCUT2D eigenvalue weighted by molar-refractivity contribution is 14.0. The largest absolute Gasteiger partial charge is 0.357 e. The van der Waals surface area contributed by atoms with Crippen LogP contribution < -0.4 is 16.0 Å². The smallest absolute Gasteiger partial charge is 0.246 e. The van der Waals surface area contributed by atoms with Gasteiger partial charge in [-0.25, -0.2) is 4.99 Å². The molecule has 3 unspecified atom stereocenters. The number of amides is 1. The number of aliphatic imine (C=N–C) groups is 1. The summed E-state index contributed by atoms with van der Waals surface area (Å²) in [5.41, 5.74) is 0.767. The van der Waals surface area contributed by atoms with Crippen molar-refractivity contribution in [2.24, 2.45) is 4.99 Å². The summed E-state index contributed by atoms with van der Waals surface area (Å²) in [7, 11) is -0.751. The number of anilines is 1. The topological polar surface area (TPSA) is 82.6 Å². The van der Waals surface area contributed by atoms with Crippen LogP contribution in [-0.4, -0.2) is 46.2 Å². The summed E-state index contributed by atoms with van der Waals surface area (Å²) >= 11 is 0. The standard InChI is InChI=1S/C19H30N4O2S.HI/c1-3-20-19(21-14-18(24)22-15-9-6-5-7-10-15)23-16-11-8-12-17(13-16)26(25)4-2;/h5-7,9-10,16-17H,3-4,8,11-14H2,1-2H3,(H,22,24)(H2,20,21,23);1H. The van der Waals surface area contributed by atoms with Crippen molar-refractivity contribution in [3.05, 3.63) is 30.3 Å². The predicted molar refractivity (Wildman–Crippen MR) is 124 cm³/mol. The molecular weight excluding hydrogens is 475 g/mol. The third-order valence-electron chi connectivity index (χ3n) is 4.41. The first kappa shape index (κ1) is 23.9. The number of guanidine groups is 1. The molecule has 0 spiro atoms. The van der Waals surface area contributed by atoms with Gasteiger partial charge in [-0.2, -0.15) is 0 Å². The maximum Gasteiger partial charge on any atom is 0.246 e. The molecule has 0 heterocycles. The summed E-state index contributed by atoms with van der Waals surface area (Å²) in [6.45, 7) is 4.76. The summed E-state index contributed by atoms with van der Waals surface area (Å²) < 4.78 is 12.1. The van der Waals surface area contributed by atoms with Gasteiger partial charge >= 0.3 is 0 Å². The van der Waals surface area contributed by atoms with Crippen LogP contribution in [0.4, 0.5) is 5.69 Å². The quantitative estimate of drug-likeness (QED) is 0.302. The summed E-state index contributed by atoms with van der Waals surface area (Å²) in [5.74, 6) is 1.20. The first-order chi connectivity index (χ1) is 12.6. The van der Waals surface area contributed by atoms with Crippen molar-refractivity contribution in [3.8, 4) is 0 Å². The lowest BCUT2D eigenvalue weighted by molar-refractivity contribution is -0.114. The second-order valence-corrected chi connectivity index (χ2v) is 8.41. The van der Waals surface area contributed by atoms with Gasteiger partial charge in [0.05, 0.1) is 0 Å². The van der Waals surface area contributed by atoms with Gasteiger partial charge in [-0.1, -0.05) is 31.5 Å². The molecule has 3 atom stereocenters. The monoisotopic (exact) mass is 506 g/mol. The third-order valence-corrected chi connectivity index (χ3v) is 6.15. The number of hydrogen-bond donors (Lipinski definition) is 3. The number of carbonyl (C=O) groups is 1. The van der Waals surface area contributed by atoms with E-state index in [0.717, 1.165) is 37.9 Å². The van der Waals surface area contributed by atoms with Crippen molar-refractivity contribution < 1.29 is 9.00 Å². The van der Waals surface area contributed by atoms with E-state index in [1.54, 1.807) is 0 Å². The van der Waals surface area contributed by atoms with E-state index in [1.807, 2.05) is 44.2 Å². The fourth-order valence-corrected chi connectivity index (χ4v) is 4.48. The van der Waals surface area contributed by atoms with E-state index in [1.165, 1.54) is 0 Å². The average Bonchev–Trinajstić information content (AvgIpc) is 2.66. The van der Waals surface area contributed by atoms with E-state index in [0.29, 0.717) is 11.7 Å². The minimum absolute atomic E-state index is 0. The summed E-state index contributed by atoms with van der Waals surface area (Å²) in [4.78, 5) is 16.5. The molecule has 1 amide bonds. The number of para-hydroxylation sites is 1. The van der Waals surface area contributed by atoms with Gasteiger partial charge in [-0.15, -0.1) is 24.0 Å². The molecule has 1 aliphatic rings. The summed E-state index contributed by atoms with van der Waals surface area (Å²) in [5, 5.41) is 9.69. The summed E-state index contributed by atoms with van der Waals surface area (Å²) in [6, 6.07) is 9.61. The Balaban J connectivity index is 0.00000364. The Morgan fingerprint density at radius 1 is 1.22 bits per heavy atom. The average molecular weight is 506 g/mol. The van der Waals surface area contributed by atoms with Crippen LogP contribution in [0.5, 0.6) is 0 Å². The van der Waals surface area contributed by atoms with Crippen LogP contribution in [0.2, 0.25) is 0 Å². The Hall–Kier alpha value is -1.16. The van der Waals surface area contributed by atoms with E-state index in [2.05, 4.69) is 20.9 Å². The number of nitrogens with zero attached hydrogens (tertiary/aromatic N) is 1. The zero-order chi connectivity index (χ0) is 18.8. The fraction of sp³-hybridized carbons (Fsp3) is 0.579. The van der Waals surface area contributed by atoms with E-state index >= 15 is 0 Å². The van der Waals surface area contributed by atoms with Crippen molar-refractivity contribution in [1.82, 2.24) is 10.6 Å². The van der Waals surface area contributed by atoms with Crippen LogP contribution in [-0.2, 0) is 15.6 Å². The number of rotatable bonds is 7. The van der Waals surface area contributed by atoms with Crippen molar-refractivity contribution in [2.45, 2.75) is 50.8 Å². The van der Waals surface area contributed by atoms with Crippen LogP contribution in [0.3, 0.4) is 0 Å². The van der Waals surface area contributed by atoms with Gasteiger partial charge in [-0.05, 0) is 38.3 Å². The first-order valence-corrected chi connectivity index (χ1v) is 10.8. The zero-order valence-electron chi connectivity index (χ0n) is 16.1. The normalized spacial score (nSPS) is 20.9. The molecule has 152 valence electrons. The Morgan fingerprint density at radius 2 is 1.96 bits per heavy atom. The minimum Gasteiger partial charge on any atom is -0.357 e. The molecule has 0 saturated heterocycles. The lowest BCUT2D eigenvalue weighted by Gasteiger charge is -2.30. The van der Waals surface area contributed by atoms with E-state index in [9.17, 15) is 9.00 Å². The molecule has 8 heteroatoms. The predicted octanol–water partition coefficient (Wildman–Crippen LogP) is 2.88. The number of benzene rings is 1. The molecule has 1 saturated carbocycles. The van der Waals surface area contributed by atoms with Crippen LogP contribution in [0.15, 0.2) is 35.3 Å². The van der Waals surface area contributed by atoms with Crippen LogP contribution in [0, 0.1) is 0 Å². The molecule has 3 N–H and O–H groups in total. The van der Waals surface area contributed by atoms with Gasteiger partial charge in [0.2, 0.25) is 5.91 Å². The maximum absolute atomic E-state index is 12.1. The van der Waals surface area contributed by atoms with Gasteiger partial charge in [0, 0.05) is 40.1 Å². The molecule has 6 nitrogen and oxygen atoms in total. The molecule has 1 aromatic carbocycles. The van der Waals surface area contributed by atoms with Crippen molar-refractivity contribution in [2.75, 3.05) is 24.2 Å². The SMILES string of the molecule is CCNC(=NCC(=O)Nc1ccccc1)NC1CCCC(S(=O)CC)C1.I. The van der Waals surface area contributed by atoms with Gasteiger partial charge in [0.1, 0.15) is 6.54 Å². The molecule has 0 bridgehead atoms. The lowest BCUT2D eigenvalue weighted by Crippen LogP contribution is -2.47. The van der Waals surface area contributed by atoms with E-state index < -0.39 is 10.8 Å². The highest BCUT2D eigenvalue weighted by Gasteiger charge is 2.26. The molecular formula is C19H31IN4O2S. The van der Waals surface area contributed by atoms with Crippen LogP contribution >= 0.6 is 24.0 Å². The number of hydrogen-bond acceptors (Lipinski definition) is 3. The van der Waals surface area contributed by atoms with Crippen molar-refractivity contribution in [1.29, 1.82) is 0 Å². The molecule has 0 radical (unpaired) electrons. The number of carbonyl (C=O) groups excluding carboxylic acids is 1. The molecule has 1 fully saturated rings. The van der Waals surface area contributed by atoms with Crippen molar-refractivity contribution >= 4 is 52.3 Å². The van der Waals surface area contributed by atoms with Gasteiger partial charge in [0.25, 0.3) is 0 Å². The molecule has 0 aliphatic heterocycles. The van der Waals surface area contributed by atoms with Crippen LogP contribution in [0.1, 0.15) is 39.5 Å². The third kappa shape index (κ3) is 8.59. The molecule has 1 aliphatic carbocycles. The zero-order valence-corrected chi connectivity index (χ0v) is 19.2. The fourth-order valence-electron chi connectivity index (χ4n) is 3.14.